The van der Waals surface area contributed by atoms with E-state index < -0.39 is 0 Å². The van der Waals surface area contributed by atoms with Gasteiger partial charge in [0.1, 0.15) is 5.82 Å². The van der Waals surface area contributed by atoms with E-state index in [0.29, 0.717) is 0 Å². The molecular formula is C15H15BrFN. The molecule has 0 aliphatic carbocycles. The third-order valence-corrected chi connectivity index (χ3v) is 3.65. The van der Waals surface area contributed by atoms with Crippen molar-refractivity contribution in [2.24, 2.45) is 0 Å². The Balaban J connectivity index is 1.95. The highest BCUT2D eigenvalue weighted by molar-refractivity contribution is 9.10. The summed E-state index contributed by atoms with van der Waals surface area (Å²) in [7, 11) is 0. The summed E-state index contributed by atoms with van der Waals surface area (Å²) in [5.74, 6) is -0.218. The Hall–Kier alpha value is -1.19. The second-order valence-corrected chi connectivity index (χ2v) is 5.12. The summed E-state index contributed by atoms with van der Waals surface area (Å²) in [5.41, 5.74) is 3.63. The Morgan fingerprint density at radius 3 is 2.50 bits per heavy atom. The van der Waals surface area contributed by atoms with Crippen molar-refractivity contribution in [2.75, 3.05) is 0 Å². The van der Waals surface area contributed by atoms with Crippen LogP contribution >= 0.6 is 15.9 Å². The molecule has 1 N–H and O–H groups in total. The lowest BCUT2D eigenvalue weighted by Crippen LogP contribution is -2.13. The number of rotatable bonds is 4. The van der Waals surface area contributed by atoms with E-state index in [-0.39, 0.29) is 5.82 Å². The van der Waals surface area contributed by atoms with Gasteiger partial charge < -0.3 is 5.32 Å². The molecule has 0 fully saturated rings. The third-order valence-electron chi connectivity index (χ3n) is 2.91. The maximum atomic E-state index is 12.9. The van der Waals surface area contributed by atoms with E-state index >= 15 is 0 Å². The quantitative estimate of drug-likeness (QED) is 0.893. The van der Waals surface area contributed by atoms with E-state index in [1.54, 1.807) is 6.07 Å². The minimum atomic E-state index is -0.218. The monoisotopic (exact) mass is 307 g/mol. The molecule has 0 aliphatic heterocycles. The van der Waals surface area contributed by atoms with Crippen LogP contribution in [0.2, 0.25) is 0 Å². The molecule has 0 amide bonds. The zero-order valence-corrected chi connectivity index (χ0v) is 11.8. The zero-order valence-electron chi connectivity index (χ0n) is 10.2. The van der Waals surface area contributed by atoms with E-state index in [2.05, 4.69) is 40.3 Å². The van der Waals surface area contributed by atoms with Crippen molar-refractivity contribution in [3.63, 3.8) is 0 Å². The zero-order chi connectivity index (χ0) is 13.0. The molecule has 0 bridgehead atoms. The van der Waals surface area contributed by atoms with Crippen LogP contribution in [0.3, 0.4) is 0 Å². The van der Waals surface area contributed by atoms with Gasteiger partial charge >= 0.3 is 0 Å². The number of benzene rings is 2. The van der Waals surface area contributed by atoms with Crippen LogP contribution in [0, 0.1) is 12.7 Å². The molecule has 0 heterocycles. The predicted molar refractivity (Wildman–Crippen MR) is 75.8 cm³/mol. The van der Waals surface area contributed by atoms with Gasteiger partial charge in [0.15, 0.2) is 0 Å². The van der Waals surface area contributed by atoms with Crippen LogP contribution in [0.15, 0.2) is 46.9 Å². The summed E-state index contributed by atoms with van der Waals surface area (Å²) in [6, 6.07) is 13.1. The van der Waals surface area contributed by atoms with E-state index in [0.717, 1.165) is 23.1 Å². The Labute approximate surface area is 115 Å². The van der Waals surface area contributed by atoms with Crippen molar-refractivity contribution in [2.45, 2.75) is 20.0 Å². The first-order valence-corrected chi connectivity index (χ1v) is 6.65. The minimum absolute atomic E-state index is 0.218. The average Bonchev–Trinajstić information content (AvgIpc) is 2.34. The Morgan fingerprint density at radius 2 is 1.78 bits per heavy atom. The van der Waals surface area contributed by atoms with Crippen molar-refractivity contribution in [1.29, 1.82) is 0 Å². The number of nitrogens with one attached hydrogen (secondary N) is 1. The van der Waals surface area contributed by atoms with Crippen molar-refractivity contribution in [1.82, 2.24) is 5.32 Å². The summed E-state index contributed by atoms with van der Waals surface area (Å²) in [4.78, 5) is 0. The largest absolute Gasteiger partial charge is 0.309 e. The summed E-state index contributed by atoms with van der Waals surface area (Å²) in [6.07, 6.45) is 0. The topological polar surface area (TPSA) is 12.0 Å². The van der Waals surface area contributed by atoms with Gasteiger partial charge in [0, 0.05) is 17.6 Å². The van der Waals surface area contributed by atoms with Crippen LogP contribution in [-0.4, -0.2) is 0 Å². The first-order valence-electron chi connectivity index (χ1n) is 5.86. The highest BCUT2D eigenvalue weighted by Gasteiger charge is 2.02. The van der Waals surface area contributed by atoms with Crippen LogP contribution in [0.5, 0.6) is 0 Å². The summed E-state index contributed by atoms with van der Waals surface area (Å²) in [6.45, 7) is 3.64. The SMILES string of the molecule is Cc1ccccc1CNCc1ccc(F)cc1Br. The molecule has 3 heteroatoms. The molecule has 0 spiro atoms. The molecule has 0 unspecified atom stereocenters. The maximum Gasteiger partial charge on any atom is 0.124 e. The highest BCUT2D eigenvalue weighted by Crippen LogP contribution is 2.18. The molecule has 0 aliphatic rings. The van der Waals surface area contributed by atoms with Gasteiger partial charge in [0.25, 0.3) is 0 Å². The van der Waals surface area contributed by atoms with Gasteiger partial charge in [0.05, 0.1) is 0 Å². The second-order valence-electron chi connectivity index (χ2n) is 4.27. The van der Waals surface area contributed by atoms with Gasteiger partial charge in [-0.25, -0.2) is 4.39 Å². The molecular weight excluding hydrogens is 293 g/mol. The van der Waals surface area contributed by atoms with Gasteiger partial charge in [-0.3, -0.25) is 0 Å². The standard InChI is InChI=1S/C15H15BrFN/c1-11-4-2-3-5-12(11)9-18-10-13-6-7-14(17)8-15(13)16/h2-8,18H,9-10H2,1H3. The fraction of sp³-hybridized carbons (Fsp3) is 0.200. The normalized spacial score (nSPS) is 10.6. The van der Waals surface area contributed by atoms with Crippen LogP contribution in [0.1, 0.15) is 16.7 Å². The second kappa shape index (κ2) is 6.12. The molecule has 2 aromatic carbocycles. The van der Waals surface area contributed by atoms with Crippen molar-refractivity contribution in [3.05, 3.63) is 69.4 Å². The lowest BCUT2D eigenvalue weighted by Gasteiger charge is -2.09. The van der Waals surface area contributed by atoms with Crippen LogP contribution < -0.4 is 5.32 Å². The van der Waals surface area contributed by atoms with Gasteiger partial charge in [-0.2, -0.15) is 0 Å². The van der Waals surface area contributed by atoms with Crippen LogP contribution in [-0.2, 0) is 13.1 Å². The molecule has 2 aromatic rings. The van der Waals surface area contributed by atoms with Crippen molar-refractivity contribution in [3.8, 4) is 0 Å². The Bertz CT molecular complexity index is 540. The lowest BCUT2D eigenvalue weighted by atomic mass is 10.1. The molecule has 94 valence electrons. The maximum absolute atomic E-state index is 12.9. The van der Waals surface area contributed by atoms with E-state index in [1.165, 1.54) is 23.3 Å². The fourth-order valence-corrected chi connectivity index (χ4v) is 2.30. The van der Waals surface area contributed by atoms with Gasteiger partial charge in [0.2, 0.25) is 0 Å². The first-order chi connectivity index (χ1) is 8.66. The fourth-order valence-electron chi connectivity index (χ4n) is 1.81. The molecule has 2 rings (SSSR count). The minimum Gasteiger partial charge on any atom is -0.309 e. The van der Waals surface area contributed by atoms with E-state index in [9.17, 15) is 4.39 Å². The first kappa shape index (κ1) is 13.2. The van der Waals surface area contributed by atoms with E-state index in [4.69, 9.17) is 0 Å². The number of aryl methyl sites for hydroxylation is 1. The lowest BCUT2D eigenvalue weighted by molar-refractivity contribution is 0.623. The van der Waals surface area contributed by atoms with Crippen molar-refractivity contribution < 1.29 is 4.39 Å². The molecule has 0 radical (unpaired) electrons. The summed E-state index contributed by atoms with van der Waals surface area (Å²) >= 11 is 3.37. The smallest absolute Gasteiger partial charge is 0.124 e. The summed E-state index contributed by atoms with van der Waals surface area (Å²) in [5, 5.41) is 3.37. The Morgan fingerprint density at radius 1 is 1.06 bits per heavy atom. The molecule has 0 saturated heterocycles. The van der Waals surface area contributed by atoms with Gasteiger partial charge in [-0.05, 0) is 35.7 Å². The number of hydrogen-bond acceptors (Lipinski definition) is 1. The number of halogens is 2. The molecule has 0 atom stereocenters. The third kappa shape index (κ3) is 3.40. The highest BCUT2D eigenvalue weighted by atomic mass is 79.9. The van der Waals surface area contributed by atoms with Crippen LogP contribution in [0.25, 0.3) is 0 Å². The van der Waals surface area contributed by atoms with Gasteiger partial charge in [-0.1, -0.05) is 46.3 Å². The molecule has 0 aromatic heterocycles. The van der Waals surface area contributed by atoms with Gasteiger partial charge in [-0.15, -0.1) is 0 Å². The van der Waals surface area contributed by atoms with Crippen molar-refractivity contribution >= 4 is 15.9 Å². The molecule has 18 heavy (non-hydrogen) atoms. The average molecular weight is 308 g/mol. The Kier molecular flexibility index (Phi) is 4.50. The summed E-state index contributed by atoms with van der Waals surface area (Å²) < 4.78 is 13.7. The van der Waals surface area contributed by atoms with E-state index in [1.807, 2.05) is 12.1 Å². The number of hydrogen-bond donors (Lipinski definition) is 1. The van der Waals surface area contributed by atoms with Crippen LogP contribution in [0.4, 0.5) is 4.39 Å². The molecule has 1 nitrogen and oxygen atoms in total. The predicted octanol–water partition coefficient (Wildman–Crippen LogP) is 4.19. The molecule has 0 saturated carbocycles.